The van der Waals surface area contributed by atoms with Gasteiger partial charge >= 0.3 is 0 Å². The van der Waals surface area contributed by atoms with Gasteiger partial charge in [-0.3, -0.25) is 4.79 Å². The van der Waals surface area contributed by atoms with Gasteiger partial charge in [0.05, 0.1) is 18.3 Å². The first-order valence-electron chi connectivity index (χ1n) is 11.1. The Labute approximate surface area is 193 Å². The Bertz CT molecular complexity index is 1470. The number of benzene rings is 4. The normalized spacial score (nSPS) is 11.0. The van der Waals surface area contributed by atoms with Crippen LogP contribution < -0.4 is 10.2 Å². The van der Waals surface area contributed by atoms with Crippen molar-refractivity contribution in [2.75, 3.05) is 7.11 Å². The molecule has 0 radical (unpaired) electrons. The summed E-state index contributed by atoms with van der Waals surface area (Å²) < 4.78 is 7.59. The summed E-state index contributed by atoms with van der Waals surface area (Å²) in [6.07, 6.45) is 0.559. The fourth-order valence-corrected chi connectivity index (χ4v) is 4.36. The molecule has 0 N–H and O–H groups in total. The van der Waals surface area contributed by atoms with E-state index in [-0.39, 0.29) is 5.43 Å². The molecular weight excluding hydrogens is 406 g/mol. The highest BCUT2D eigenvalue weighted by Crippen LogP contribution is 2.32. The van der Waals surface area contributed by atoms with Crippen LogP contribution in [0.4, 0.5) is 0 Å². The van der Waals surface area contributed by atoms with E-state index in [1.807, 2.05) is 66.7 Å². The zero-order valence-electron chi connectivity index (χ0n) is 18.8. The van der Waals surface area contributed by atoms with Gasteiger partial charge in [0.15, 0.2) is 5.43 Å². The van der Waals surface area contributed by atoms with E-state index in [1.54, 1.807) is 7.11 Å². The third kappa shape index (κ3) is 3.94. The van der Waals surface area contributed by atoms with Crippen molar-refractivity contribution in [2.45, 2.75) is 13.3 Å². The number of aromatic nitrogens is 1. The van der Waals surface area contributed by atoms with Crippen LogP contribution in [-0.4, -0.2) is 11.7 Å². The van der Waals surface area contributed by atoms with Crippen molar-refractivity contribution in [1.82, 2.24) is 4.57 Å². The van der Waals surface area contributed by atoms with Gasteiger partial charge in [-0.05, 0) is 54.4 Å². The lowest BCUT2D eigenvalue weighted by Crippen LogP contribution is -2.18. The fourth-order valence-electron chi connectivity index (χ4n) is 4.36. The molecule has 1 aromatic heterocycles. The number of fused-ring (bicyclic) bond motifs is 1. The van der Waals surface area contributed by atoms with Gasteiger partial charge in [0.2, 0.25) is 0 Å². The number of hydrogen-bond acceptors (Lipinski definition) is 2. The number of hydrogen-bond donors (Lipinski definition) is 0. The molecule has 0 amide bonds. The van der Waals surface area contributed by atoms with Crippen molar-refractivity contribution in [3.05, 3.63) is 130 Å². The standard InChI is InChI=1S/C30H25NO2/c1-21-12-14-23(15-13-21)29-27(20-22-8-4-3-5-9-22)30(32)26-10-6-7-11-28(26)31(29)24-16-18-25(33-2)19-17-24/h3-19H,20H2,1-2H3. The predicted molar refractivity (Wildman–Crippen MR) is 136 cm³/mol. The van der Waals surface area contributed by atoms with Crippen molar-refractivity contribution >= 4 is 10.9 Å². The van der Waals surface area contributed by atoms with E-state index in [2.05, 4.69) is 47.9 Å². The lowest BCUT2D eigenvalue weighted by Gasteiger charge is -2.22. The lowest BCUT2D eigenvalue weighted by molar-refractivity contribution is 0.415. The number of ether oxygens (including phenoxy) is 1. The zero-order valence-corrected chi connectivity index (χ0v) is 18.8. The van der Waals surface area contributed by atoms with E-state index in [0.717, 1.165) is 44.7 Å². The SMILES string of the molecule is COc1ccc(-n2c(-c3ccc(C)cc3)c(Cc3ccccc3)c(=O)c3ccccc32)cc1. The molecular formula is C30H25NO2. The molecule has 5 rings (SSSR count). The highest BCUT2D eigenvalue weighted by molar-refractivity contribution is 5.87. The topological polar surface area (TPSA) is 31.2 Å². The number of rotatable bonds is 5. The van der Waals surface area contributed by atoms with E-state index in [1.165, 1.54) is 5.56 Å². The molecule has 0 saturated carbocycles. The molecule has 0 fully saturated rings. The highest BCUT2D eigenvalue weighted by Gasteiger charge is 2.20. The lowest BCUT2D eigenvalue weighted by atomic mass is 9.95. The maximum atomic E-state index is 13.8. The van der Waals surface area contributed by atoms with E-state index in [4.69, 9.17) is 4.74 Å². The fraction of sp³-hybridized carbons (Fsp3) is 0.100. The monoisotopic (exact) mass is 431 g/mol. The molecule has 0 saturated heterocycles. The summed E-state index contributed by atoms with van der Waals surface area (Å²) in [5.74, 6) is 0.797. The van der Waals surface area contributed by atoms with Gasteiger partial charge in [-0.2, -0.15) is 0 Å². The Morgan fingerprint density at radius 2 is 1.42 bits per heavy atom. The molecule has 162 valence electrons. The third-order valence-electron chi connectivity index (χ3n) is 6.05. The van der Waals surface area contributed by atoms with Crippen molar-refractivity contribution in [3.63, 3.8) is 0 Å². The smallest absolute Gasteiger partial charge is 0.193 e. The summed E-state index contributed by atoms with van der Waals surface area (Å²) in [7, 11) is 1.67. The van der Waals surface area contributed by atoms with E-state index in [0.29, 0.717) is 6.42 Å². The minimum absolute atomic E-state index is 0.0785. The second-order valence-electron chi connectivity index (χ2n) is 8.24. The Balaban J connectivity index is 1.89. The predicted octanol–water partition coefficient (Wildman–Crippen LogP) is 6.57. The van der Waals surface area contributed by atoms with Crippen LogP contribution in [0, 0.1) is 6.92 Å². The second kappa shape index (κ2) is 8.79. The molecule has 1 heterocycles. The first-order chi connectivity index (χ1) is 16.2. The molecule has 4 aromatic carbocycles. The van der Waals surface area contributed by atoms with Crippen molar-refractivity contribution in [3.8, 4) is 22.7 Å². The maximum Gasteiger partial charge on any atom is 0.193 e. The van der Waals surface area contributed by atoms with Crippen LogP contribution in [0.1, 0.15) is 16.7 Å². The number of para-hydroxylation sites is 1. The molecule has 5 aromatic rings. The number of aryl methyl sites for hydroxylation is 1. The molecule has 0 spiro atoms. The van der Waals surface area contributed by atoms with Crippen molar-refractivity contribution < 1.29 is 4.74 Å². The van der Waals surface area contributed by atoms with Crippen LogP contribution in [0.3, 0.4) is 0 Å². The number of methoxy groups -OCH3 is 1. The second-order valence-corrected chi connectivity index (χ2v) is 8.24. The first kappa shape index (κ1) is 20.8. The number of nitrogens with zero attached hydrogens (tertiary/aromatic N) is 1. The molecule has 3 heteroatoms. The van der Waals surface area contributed by atoms with Gasteiger partial charge in [-0.25, -0.2) is 0 Å². The molecule has 33 heavy (non-hydrogen) atoms. The molecule has 0 aliphatic heterocycles. The number of pyridine rings is 1. The Morgan fingerprint density at radius 1 is 0.758 bits per heavy atom. The van der Waals surface area contributed by atoms with Crippen LogP contribution in [0.5, 0.6) is 5.75 Å². The summed E-state index contributed by atoms with van der Waals surface area (Å²) in [6.45, 7) is 2.08. The molecule has 0 aliphatic rings. The summed E-state index contributed by atoms with van der Waals surface area (Å²) >= 11 is 0. The Kier molecular flexibility index (Phi) is 5.54. The summed E-state index contributed by atoms with van der Waals surface area (Å²) in [6, 6.07) is 34.4. The minimum atomic E-state index is 0.0785. The van der Waals surface area contributed by atoms with Gasteiger partial charge in [-0.15, -0.1) is 0 Å². The van der Waals surface area contributed by atoms with Gasteiger partial charge < -0.3 is 9.30 Å². The molecule has 0 unspecified atom stereocenters. The van der Waals surface area contributed by atoms with E-state index >= 15 is 0 Å². The van der Waals surface area contributed by atoms with Crippen molar-refractivity contribution in [1.29, 1.82) is 0 Å². The average molecular weight is 432 g/mol. The van der Waals surface area contributed by atoms with E-state index in [9.17, 15) is 4.79 Å². The highest BCUT2D eigenvalue weighted by atomic mass is 16.5. The minimum Gasteiger partial charge on any atom is -0.497 e. The molecule has 0 bridgehead atoms. The molecule has 0 aliphatic carbocycles. The van der Waals surface area contributed by atoms with Crippen LogP contribution >= 0.6 is 0 Å². The first-order valence-corrected chi connectivity index (χ1v) is 11.1. The quantitative estimate of drug-likeness (QED) is 0.315. The summed E-state index contributed by atoms with van der Waals surface area (Å²) in [5, 5.41) is 0.718. The van der Waals surface area contributed by atoms with Gasteiger partial charge in [-0.1, -0.05) is 72.3 Å². The Hall–Kier alpha value is -4.11. The largest absolute Gasteiger partial charge is 0.497 e. The van der Waals surface area contributed by atoms with Crippen LogP contribution in [0.15, 0.2) is 108 Å². The molecule has 3 nitrogen and oxygen atoms in total. The van der Waals surface area contributed by atoms with Crippen LogP contribution in [-0.2, 0) is 6.42 Å². The summed E-state index contributed by atoms with van der Waals surface area (Å²) in [4.78, 5) is 13.8. The summed E-state index contributed by atoms with van der Waals surface area (Å²) in [5.41, 5.74) is 6.98. The zero-order chi connectivity index (χ0) is 22.8. The van der Waals surface area contributed by atoms with Crippen LogP contribution in [0.2, 0.25) is 0 Å². The van der Waals surface area contributed by atoms with Gasteiger partial charge in [0.1, 0.15) is 5.75 Å². The van der Waals surface area contributed by atoms with Crippen LogP contribution in [0.25, 0.3) is 27.8 Å². The Morgan fingerprint density at radius 3 is 2.12 bits per heavy atom. The maximum absolute atomic E-state index is 13.8. The van der Waals surface area contributed by atoms with E-state index < -0.39 is 0 Å². The van der Waals surface area contributed by atoms with Gasteiger partial charge in [0.25, 0.3) is 0 Å². The third-order valence-corrected chi connectivity index (χ3v) is 6.05. The molecule has 0 atom stereocenters. The average Bonchev–Trinajstić information content (AvgIpc) is 2.87. The van der Waals surface area contributed by atoms with Crippen molar-refractivity contribution in [2.24, 2.45) is 0 Å². The van der Waals surface area contributed by atoms with Gasteiger partial charge in [0, 0.05) is 23.1 Å².